The van der Waals surface area contributed by atoms with Crippen LogP contribution in [0.3, 0.4) is 0 Å². The topological polar surface area (TPSA) is 194 Å². The number of nitrogens with one attached hydrogen (secondary N) is 3. The van der Waals surface area contributed by atoms with Crippen molar-refractivity contribution in [2.45, 2.75) is 51.1 Å². The van der Waals surface area contributed by atoms with Crippen molar-refractivity contribution in [2.24, 2.45) is 0 Å². The maximum atomic E-state index is 13.2. The monoisotopic (exact) mass is 840 g/mol. The zero-order valence-electron chi connectivity index (χ0n) is 33.9. The van der Waals surface area contributed by atoms with Crippen molar-refractivity contribution >= 4 is 40.9 Å². The summed E-state index contributed by atoms with van der Waals surface area (Å²) in [7, 11) is 0. The fraction of sp³-hybridized carbons (Fsp3) is 0.184. The smallest absolute Gasteiger partial charge is 0.269 e. The van der Waals surface area contributed by atoms with Gasteiger partial charge < -0.3 is 20.0 Å². The lowest BCUT2D eigenvalue weighted by molar-refractivity contribution is -0.384. The number of fused-ring (bicyclic) bond motifs is 1. The van der Waals surface area contributed by atoms with E-state index < -0.39 is 16.9 Å². The minimum atomic E-state index is -0.672. The molecule has 1 unspecified atom stereocenters. The van der Waals surface area contributed by atoms with E-state index in [1.807, 2.05) is 30.3 Å². The van der Waals surface area contributed by atoms with Gasteiger partial charge in [-0.15, -0.1) is 0 Å². The third-order valence-corrected chi connectivity index (χ3v) is 10.9. The standard InChI is InChI=1S/C49H40N6O8/c56-45-25-24-43(48(59)53-45)54-30-40-32(9-6-10-39(40)49(54)60)8-4-2-1-3-5-26-50-46(57)34-16-20-37(21-17-34)51-47(58)35-14-12-31(13-15-35)36-28-41(33-18-22-38(23-19-33)55(61)62)52-42(29-36)44-11-7-27-63-44/h6-7,9-23,27-29,43H,1-3,5,24-26,30H2,(H,50,57)(H,51,58)(H,53,56,59). The maximum Gasteiger partial charge on any atom is 0.269 e. The first-order valence-electron chi connectivity index (χ1n) is 20.5. The van der Waals surface area contributed by atoms with Crippen LogP contribution < -0.4 is 16.0 Å². The molecule has 5 amide bonds. The highest BCUT2D eigenvalue weighted by atomic mass is 16.6. The number of nitro groups is 1. The number of rotatable bonds is 13. The van der Waals surface area contributed by atoms with E-state index in [9.17, 15) is 34.1 Å². The second kappa shape index (κ2) is 18.6. The van der Waals surface area contributed by atoms with E-state index in [1.54, 1.807) is 79.1 Å². The number of carbonyl (C=O) groups is 5. The maximum absolute atomic E-state index is 13.2. The number of unbranched alkanes of at least 4 members (excludes halogenated alkanes) is 3. The Bertz CT molecular complexity index is 2790. The lowest BCUT2D eigenvalue weighted by Gasteiger charge is -2.29. The van der Waals surface area contributed by atoms with Crippen molar-refractivity contribution in [1.82, 2.24) is 20.5 Å². The lowest BCUT2D eigenvalue weighted by Crippen LogP contribution is -2.52. The number of hydrogen-bond acceptors (Lipinski definition) is 9. The van der Waals surface area contributed by atoms with Crippen LogP contribution in [0.1, 0.15) is 80.7 Å². The number of amides is 5. The summed E-state index contributed by atoms with van der Waals surface area (Å²) in [5.41, 5.74) is 7.01. The normalized spacial score (nSPS) is 14.3. The summed E-state index contributed by atoms with van der Waals surface area (Å²) in [5, 5.41) is 19.3. The molecule has 0 spiro atoms. The fourth-order valence-electron chi connectivity index (χ4n) is 7.55. The van der Waals surface area contributed by atoms with Gasteiger partial charge in [0, 0.05) is 71.6 Å². The zero-order valence-corrected chi connectivity index (χ0v) is 33.9. The number of pyridine rings is 1. The Morgan fingerprint density at radius 2 is 1.56 bits per heavy atom. The molecule has 1 atom stereocenters. The van der Waals surface area contributed by atoms with Gasteiger partial charge in [0.2, 0.25) is 11.8 Å². The molecular formula is C49H40N6O8. The average Bonchev–Trinajstić information content (AvgIpc) is 3.96. The van der Waals surface area contributed by atoms with Crippen molar-refractivity contribution in [1.29, 1.82) is 0 Å². The van der Waals surface area contributed by atoms with Gasteiger partial charge >= 0.3 is 0 Å². The Morgan fingerprint density at radius 1 is 0.825 bits per heavy atom. The molecule has 63 heavy (non-hydrogen) atoms. The van der Waals surface area contributed by atoms with Crippen LogP contribution in [0.5, 0.6) is 0 Å². The first-order chi connectivity index (χ1) is 30.6. The third kappa shape index (κ3) is 9.58. The summed E-state index contributed by atoms with van der Waals surface area (Å²) in [5.74, 6) is 5.42. The molecule has 2 aliphatic rings. The number of furan rings is 1. The number of hydrogen-bond donors (Lipinski definition) is 3. The van der Waals surface area contributed by atoms with Crippen LogP contribution in [0.25, 0.3) is 33.8 Å². The SMILES string of the molecule is O=C1CCC(N2Cc3c(C#CCCCCCNC(=O)c4ccc(NC(=O)c5ccc(-c6cc(-c7ccc([N+](=O)[O-])cc7)nc(-c7ccco7)c6)cc5)cc4)cccc3C2=O)C(=O)N1. The number of aromatic nitrogens is 1. The molecule has 1 saturated heterocycles. The largest absolute Gasteiger partial charge is 0.463 e. The van der Waals surface area contributed by atoms with E-state index in [0.29, 0.717) is 64.5 Å². The highest BCUT2D eigenvalue weighted by molar-refractivity contribution is 6.06. The molecule has 0 aliphatic carbocycles. The molecule has 2 aliphatic heterocycles. The van der Waals surface area contributed by atoms with Gasteiger partial charge in [-0.1, -0.05) is 36.5 Å². The Morgan fingerprint density at radius 3 is 2.29 bits per heavy atom. The first-order valence-corrected chi connectivity index (χ1v) is 20.5. The summed E-state index contributed by atoms with van der Waals surface area (Å²) in [6, 6.07) is 32.0. The fourth-order valence-corrected chi connectivity index (χ4v) is 7.55. The van der Waals surface area contributed by atoms with Crippen LogP contribution in [-0.2, 0) is 16.1 Å². The van der Waals surface area contributed by atoms with Gasteiger partial charge in [0.15, 0.2) is 5.76 Å². The number of nitro benzene ring substituents is 1. The molecule has 4 heterocycles. The van der Waals surface area contributed by atoms with Crippen molar-refractivity contribution in [2.75, 3.05) is 11.9 Å². The van der Waals surface area contributed by atoms with E-state index in [1.165, 1.54) is 17.0 Å². The molecule has 4 aromatic carbocycles. The van der Waals surface area contributed by atoms with Crippen molar-refractivity contribution in [3.05, 3.63) is 159 Å². The minimum Gasteiger partial charge on any atom is -0.463 e. The molecule has 0 bridgehead atoms. The Balaban J connectivity index is 0.793. The molecule has 0 saturated carbocycles. The number of piperidine rings is 1. The van der Waals surface area contributed by atoms with E-state index >= 15 is 0 Å². The highest BCUT2D eigenvalue weighted by Crippen LogP contribution is 2.32. The zero-order chi connectivity index (χ0) is 43.9. The first kappa shape index (κ1) is 41.5. The summed E-state index contributed by atoms with van der Waals surface area (Å²) < 4.78 is 5.61. The number of imide groups is 1. The number of carbonyl (C=O) groups excluding carboxylic acids is 5. The van der Waals surface area contributed by atoms with Crippen LogP contribution in [0.15, 0.2) is 126 Å². The van der Waals surface area contributed by atoms with Gasteiger partial charge in [0.25, 0.3) is 23.4 Å². The van der Waals surface area contributed by atoms with Gasteiger partial charge in [0.05, 0.1) is 16.9 Å². The molecule has 2 aromatic heterocycles. The van der Waals surface area contributed by atoms with Crippen LogP contribution in [0, 0.1) is 22.0 Å². The predicted octanol–water partition coefficient (Wildman–Crippen LogP) is 7.94. The highest BCUT2D eigenvalue weighted by Gasteiger charge is 2.39. The number of anilines is 1. The van der Waals surface area contributed by atoms with Crippen LogP contribution in [0.4, 0.5) is 11.4 Å². The van der Waals surface area contributed by atoms with Gasteiger partial charge in [-0.2, -0.15) is 0 Å². The van der Waals surface area contributed by atoms with Gasteiger partial charge in [-0.3, -0.25) is 39.4 Å². The van der Waals surface area contributed by atoms with Crippen LogP contribution >= 0.6 is 0 Å². The summed E-state index contributed by atoms with van der Waals surface area (Å²) in [4.78, 5) is 80.1. The predicted molar refractivity (Wildman–Crippen MR) is 234 cm³/mol. The molecule has 14 heteroatoms. The Hall–Kier alpha value is -8.18. The molecule has 3 N–H and O–H groups in total. The third-order valence-electron chi connectivity index (χ3n) is 10.9. The second-order valence-corrected chi connectivity index (χ2v) is 15.1. The molecule has 1 fully saturated rings. The molecular weight excluding hydrogens is 801 g/mol. The molecule has 6 aromatic rings. The summed E-state index contributed by atoms with van der Waals surface area (Å²) in [6.07, 6.45) is 5.16. The van der Waals surface area contributed by atoms with E-state index in [4.69, 9.17) is 9.40 Å². The van der Waals surface area contributed by atoms with Crippen molar-refractivity contribution < 1.29 is 33.3 Å². The summed E-state index contributed by atoms with van der Waals surface area (Å²) in [6.45, 7) is 0.771. The van der Waals surface area contributed by atoms with Crippen LogP contribution in [-0.4, -0.2) is 56.9 Å². The van der Waals surface area contributed by atoms with Crippen molar-refractivity contribution in [3.8, 4) is 45.7 Å². The van der Waals surface area contributed by atoms with Crippen molar-refractivity contribution in [3.63, 3.8) is 0 Å². The molecule has 0 radical (unpaired) electrons. The number of benzene rings is 4. The Kier molecular flexibility index (Phi) is 12.3. The quantitative estimate of drug-likeness (QED) is 0.0340. The minimum absolute atomic E-state index is 0.0186. The average molecular weight is 841 g/mol. The number of nitrogens with zero attached hydrogens (tertiary/aromatic N) is 3. The van der Waals surface area contributed by atoms with E-state index in [-0.39, 0.29) is 42.3 Å². The summed E-state index contributed by atoms with van der Waals surface area (Å²) >= 11 is 0. The molecule has 14 nitrogen and oxygen atoms in total. The molecule has 8 rings (SSSR count). The second-order valence-electron chi connectivity index (χ2n) is 15.1. The van der Waals surface area contributed by atoms with Gasteiger partial charge in [-0.25, -0.2) is 4.98 Å². The van der Waals surface area contributed by atoms with E-state index in [2.05, 4.69) is 27.8 Å². The number of non-ortho nitro benzene ring substituents is 1. The van der Waals surface area contributed by atoms with Gasteiger partial charge in [0.1, 0.15) is 11.7 Å². The Labute approximate surface area is 361 Å². The van der Waals surface area contributed by atoms with Gasteiger partial charge in [-0.05, 0) is 121 Å². The van der Waals surface area contributed by atoms with E-state index in [0.717, 1.165) is 41.5 Å². The molecule has 314 valence electrons. The van der Waals surface area contributed by atoms with Crippen LogP contribution in [0.2, 0.25) is 0 Å². The lowest BCUT2D eigenvalue weighted by atomic mass is 10.00.